The molecule has 43 nitrogen and oxygen atoms in total. The van der Waals surface area contributed by atoms with E-state index in [4.69, 9.17) is 22.6 Å². The van der Waals surface area contributed by atoms with Gasteiger partial charge in [-0.3, -0.25) is 91.7 Å². The van der Waals surface area contributed by atoms with Crippen molar-refractivity contribution in [1.29, 1.82) is 5.41 Å². The second-order valence-electron chi connectivity index (χ2n) is 31.4. The first-order chi connectivity index (χ1) is 59.2. The zero-order chi connectivity index (χ0) is 92.3. The maximum absolute atomic E-state index is 14.9. The molecule has 15 amide bonds. The molecule has 6 rings (SSSR count). The van der Waals surface area contributed by atoms with Crippen LogP contribution in [0.15, 0.2) is 84.9 Å². The van der Waals surface area contributed by atoms with Crippen molar-refractivity contribution in [1.82, 2.24) is 78.5 Å². The van der Waals surface area contributed by atoms with E-state index in [1.807, 2.05) is 18.2 Å². The first kappa shape index (κ1) is 100. The number of nitrogens with zero attached hydrogens (tertiary/aromatic N) is 3. The highest BCUT2D eigenvalue weighted by atomic mass is 16.4. The SMILES string of the molecule is CC[C@H](C)[C@H](NC(=O)[C@H](CCC(=O)O)NC(=O)[C@H](Cc1ccccc1)NC(=O)[C@H](CC(=O)O)NC(=O)CNC(=O)[C@H](CC(N)=O)NC(=O)CNC(=O)[C@@H]1CCCN1C(=O)[C@H](CCCNC(=N)N)NC(=O)[C@@H]1CCCN1C(=O)[C@H](N)Cc1ccccc1)C(=O)N1CCC[C@H]1C(=O)N[C@@H](CCC(=O)O)C(=O)N[C@@H](Cc1ccc(O)cc1)C(=O)N[C@@H](CC(C)C)C(=O)O. The molecule has 0 aliphatic carbocycles. The lowest BCUT2D eigenvalue weighted by molar-refractivity contribution is -0.144. The number of likely N-dealkylation sites (tertiary alicyclic amines) is 3. The second kappa shape index (κ2) is 49.7. The van der Waals surface area contributed by atoms with Crippen LogP contribution in [0.4, 0.5) is 0 Å². The lowest BCUT2D eigenvalue weighted by Crippen LogP contribution is -2.61. The van der Waals surface area contributed by atoms with Gasteiger partial charge in [0.25, 0.3) is 0 Å². The molecule has 14 atom stereocenters. The molecule has 3 heterocycles. The standard InChI is InChI=1S/C82H115N19O24/c1-5-45(4)68(80(123)101-35-15-23-61(101)76(119)93-51(28-30-65(106)107)70(113)95-55(39-48-24-26-49(102)27-25-48)73(116)97-58(81(124)125)36-44(2)3)98-71(114)52(29-31-66(108)109)92-72(115)54(38-47-18-10-7-11-19-47)96-74(117)57(41-67(110)111)91-63(104)42-88-69(112)56(40-62(84)103)90-64(105)43-89-75(118)59-21-13-34-100(59)79(122)53(20-12-32-87-82(85)86)94-77(120)60-22-14-33-99(60)78(121)50(83)37-46-16-8-6-9-17-46/h6-11,16-19,24-27,44-45,50-61,68,102H,5,12-15,20-23,28-43,83H2,1-4H3,(H2,84,103)(H,88,112)(H,89,118)(H,90,105)(H,91,104)(H,92,115)(H,93,119)(H,94,120)(H,95,113)(H,96,117)(H,97,116)(H,98,114)(H,106,107)(H,108,109)(H,110,111)(H,124,125)(H4,85,86,87)/t45-,50+,51-,52-,53-,54-,55-,56-,57-,58-,59-,60-,61-,68-/m0/s1. The van der Waals surface area contributed by atoms with Crippen molar-refractivity contribution >= 4 is 118 Å². The molecule has 0 bridgehead atoms. The highest BCUT2D eigenvalue weighted by molar-refractivity contribution is 6.01. The van der Waals surface area contributed by atoms with Gasteiger partial charge in [-0.05, 0) is 118 Å². The third-order valence-electron chi connectivity index (χ3n) is 21.2. The number of phenolic OH excluding ortho intramolecular Hbond substituents is 1. The van der Waals surface area contributed by atoms with Crippen molar-refractivity contribution in [3.05, 3.63) is 102 Å². The summed E-state index contributed by atoms with van der Waals surface area (Å²) in [5.74, 6) is -22.2. The van der Waals surface area contributed by atoms with Crippen molar-refractivity contribution in [2.24, 2.45) is 29.0 Å². The number of aromatic hydroxyl groups is 1. The summed E-state index contributed by atoms with van der Waals surface area (Å²) >= 11 is 0. The molecule has 3 aliphatic rings. The number of benzene rings is 3. The number of guanidine groups is 1. The van der Waals surface area contributed by atoms with Gasteiger partial charge in [-0.25, -0.2) is 4.79 Å². The molecule has 0 spiro atoms. The predicted octanol–water partition coefficient (Wildman–Crippen LogP) is -4.16. The van der Waals surface area contributed by atoms with E-state index in [1.165, 1.54) is 46.2 Å². The zero-order valence-corrected chi connectivity index (χ0v) is 70.0. The van der Waals surface area contributed by atoms with E-state index in [0.717, 1.165) is 10.5 Å². The number of nitrogens with one attached hydrogen (secondary N) is 13. The number of hydrogen-bond donors (Lipinski definition) is 21. The van der Waals surface area contributed by atoms with Crippen LogP contribution in [0.1, 0.15) is 147 Å². The summed E-state index contributed by atoms with van der Waals surface area (Å²) in [5.41, 5.74) is 18.8. The monoisotopic (exact) mass is 1750 g/mol. The molecule has 0 unspecified atom stereocenters. The molecular formula is C82H115N19O24. The molecule has 682 valence electrons. The van der Waals surface area contributed by atoms with Gasteiger partial charge in [0.15, 0.2) is 5.96 Å². The number of carboxylic acid groups (broad SMARTS) is 4. The molecule has 3 saturated heterocycles. The van der Waals surface area contributed by atoms with E-state index in [1.54, 1.807) is 58.0 Å². The number of phenols is 1. The average Bonchev–Trinajstić information content (AvgIpc) is 1.71. The van der Waals surface area contributed by atoms with Gasteiger partial charge in [0.1, 0.15) is 78.3 Å². The van der Waals surface area contributed by atoms with E-state index >= 15 is 0 Å². The highest BCUT2D eigenvalue weighted by Gasteiger charge is 2.45. The Labute approximate surface area is 720 Å². The Morgan fingerprint density at radius 3 is 1.34 bits per heavy atom. The number of rotatable bonds is 50. The lowest BCUT2D eigenvalue weighted by atomic mass is 9.96. The van der Waals surface area contributed by atoms with Crippen LogP contribution in [0, 0.1) is 17.2 Å². The molecule has 3 aromatic carbocycles. The fraction of sp³-hybridized carbons (Fsp3) is 0.537. The first-order valence-electron chi connectivity index (χ1n) is 41.3. The van der Waals surface area contributed by atoms with Crippen molar-refractivity contribution in [2.45, 2.75) is 228 Å². The number of amides is 15. The van der Waals surface area contributed by atoms with E-state index < -0.39 is 255 Å². The number of carbonyl (C=O) groups is 19. The van der Waals surface area contributed by atoms with E-state index in [0.29, 0.717) is 24.0 Å². The van der Waals surface area contributed by atoms with Crippen LogP contribution in [0.5, 0.6) is 5.75 Å². The Bertz CT molecular complexity index is 4350. The number of carboxylic acids is 4. The van der Waals surface area contributed by atoms with Gasteiger partial charge in [0, 0.05) is 51.9 Å². The topological polar surface area (TPSA) is 681 Å². The van der Waals surface area contributed by atoms with Crippen LogP contribution in [0.25, 0.3) is 0 Å². The average molecular weight is 1750 g/mol. The smallest absolute Gasteiger partial charge is 0.326 e. The summed E-state index contributed by atoms with van der Waals surface area (Å²) in [6, 6.07) is 2.82. The van der Waals surface area contributed by atoms with Crippen LogP contribution >= 0.6 is 0 Å². The minimum atomic E-state index is -2.06. The van der Waals surface area contributed by atoms with Gasteiger partial charge >= 0.3 is 23.9 Å². The van der Waals surface area contributed by atoms with Gasteiger partial charge in [0.05, 0.1) is 32.0 Å². The third-order valence-corrected chi connectivity index (χ3v) is 21.2. The summed E-state index contributed by atoms with van der Waals surface area (Å²) in [4.78, 5) is 263. The summed E-state index contributed by atoms with van der Waals surface area (Å²) < 4.78 is 0. The minimum Gasteiger partial charge on any atom is -0.508 e. The van der Waals surface area contributed by atoms with Gasteiger partial charge in [-0.15, -0.1) is 0 Å². The van der Waals surface area contributed by atoms with Crippen LogP contribution in [0.2, 0.25) is 0 Å². The summed E-state index contributed by atoms with van der Waals surface area (Å²) in [5, 5.41) is 86.1. The number of aliphatic carboxylic acids is 4. The fourth-order valence-corrected chi connectivity index (χ4v) is 14.6. The molecule has 3 fully saturated rings. The molecule has 125 heavy (non-hydrogen) atoms. The Hall–Kier alpha value is -13.4. The van der Waals surface area contributed by atoms with Crippen LogP contribution in [-0.2, 0) is 110 Å². The van der Waals surface area contributed by atoms with Gasteiger partial charge < -0.3 is 121 Å². The fourth-order valence-electron chi connectivity index (χ4n) is 14.6. The zero-order valence-electron chi connectivity index (χ0n) is 70.0. The normalized spacial score (nSPS) is 17.4. The number of carbonyl (C=O) groups excluding carboxylic acids is 15. The predicted molar refractivity (Wildman–Crippen MR) is 443 cm³/mol. The van der Waals surface area contributed by atoms with Crippen molar-refractivity contribution < 1.29 is 117 Å². The van der Waals surface area contributed by atoms with E-state index in [9.17, 15) is 117 Å². The quantitative estimate of drug-likeness (QED) is 0.0145. The molecule has 0 saturated carbocycles. The molecule has 3 aromatic rings. The van der Waals surface area contributed by atoms with E-state index in [2.05, 4.69) is 63.8 Å². The van der Waals surface area contributed by atoms with Gasteiger partial charge in [0.2, 0.25) is 88.6 Å². The maximum atomic E-state index is 14.9. The van der Waals surface area contributed by atoms with Crippen molar-refractivity contribution in [3.8, 4) is 5.75 Å². The summed E-state index contributed by atoms with van der Waals surface area (Å²) in [6.45, 7) is 4.99. The first-order valence-corrected chi connectivity index (χ1v) is 41.3. The Balaban J connectivity index is 1.11. The van der Waals surface area contributed by atoms with Crippen LogP contribution < -0.4 is 81.0 Å². The Kier molecular flexibility index (Phi) is 39.9. The number of nitrogens with two attached hydrogens (primary N) is 3. The van der Waals surface area contributed by atoms with Crippen LogP contribution in [-0.4, -0.2) is 276 Å². The van der Waals surface area contributed by atoms with Gasteiger partial charge in [-0.1, -0.05) is 107 Å². The number of hydrogen-bond acceptors (Lipinski definition) is 22. The molecule has 0 aromatic heterocycles. The van der Waals surface area contributed by atoms with E-state index in [-0.39, 0.29) is 108 Å². The number of primary amides is 1. The third kappa shape index (κ3) is 32.8. The largest absolute Gasteiger partial charge is 0.508 e. The van der Waals surface area contributed by atoms with Gasteiger partial charge in [-0.2, -0.15) is 0 Å². The molecule has 24 N–H and O–H groups in total. The summed E-state index contributed by atoms with van der Waals surface area (Å²) in [7, 11) is 0. The Morgan fingerprint density at radius 2 is 0.864 bits per heavy atom. The Morgan fingerprint density at radius 1 is 0.440 bits per heavy atom. The van der Waals surface area contributed by atoms with Crippen molar-refractivity contribution in [3.63, 3.8) is 0 Å². The second-order valence-corrected chi connectivity index (χ2v) is 31.4. The molecular weight excluding hydrogens is 1640 g/mol. The summed E-state index contributed by atoms with van der Waals surface area (Å²) in [6.07, 6.45) is -3.62. The minimum absolute atomic E-state index is 0.00602. The molecule has 3 aliphatic heterocycles. The van der Waals surface area contributed by atoms with Crippen molar-refractivity contribution in [2.75, 3.05) is 39.3 Å². The maximum Gasteiger partial charge on any atom is 0.326 e. The molecule has 0 radical (unpaired) electrons. The lowest BCUT2D eigenvalue weighted by Gasteiger charge is -2.33. The van der Waals surface area contributed by atoms with Crippen LogP contribution in [0.3, 0.4) is 0 Å². The molecule has 43 heteroatoms. The highest BCUT2D eigenvalue weighted by Crippen LogP contribution is 2.26.